The molecule has 0 saturated heterocycles. The molecule has 0 unspecified atom stereocenters. The molecule has 84 valence electrons. The third-order valence-corrected chi connectivity index (χ3v) is 3.08. The molecule has 2 heteroatoms. The van der Waals surface area contributed by atoms with Crippen LogP contribution in [0, 0.1) is 11.8 Å². The maximum Gasteiger partial charge on any atom is 0.139 e. The van der Waals surface area contributed by atoms with E-state index in [0.717, 1.165) is 19.3 Å². The highest BCUT2D eigenvalue weighted by atomic mass is 16.1. The molecule has 0 N–H and O–H groups in total. The minimum atomic E-state index is -0.0750. The minimum absolute atomic E-state index is 0.0750. The lowest BCUT2D eigenvalue weighted by Gasteiger charge is -2.21. The van der Waals surface area contributed by atoms with Crippen molar-refractivity contribution in [3.63, 3.8) is 0 Å². The predicted molar refractivity (Wildman–Crippen MR) is 60.6 cm³/mol. The highest BCUT2D eigenvalue weighted by Gasteiger charge is 2.26. The summed E-state index contributed by atoms with van der Waals surface area (Å²) >= 11 is 0. The van der Waals surface area contributed by atoms with Gasteiger partial charge in [0.15, 0.2) is 0 Å². The molecule has 0 radical (unpaired) electrons. The molecule has 0 saturated carbocycles. The zero-order valence-electron chi connectivity index (χ0n) is 9.88. The summed E-state index contributed by atoms with van der Waals surface area (Å²) in [6.45, 7) is 5.59. The van der Waals surface area contributed by atoms with Crippen LogP contribution in [0.15, 0.2) is 11.6 Å². The smallest absolute Gasteiger partial charge is 0.139 e. The van der Waals surface area contributed by atoms with E-state index in [1.165, 1.54) is 5.57 Å². The first-order valence-electron chi connectivity index (χ1n) is 5.69. The lowest BCUT2D eigenvalue weighted by atomic mass is 9.82. The second kappa shape index (κ2) is 5.24. The third-order valence-electron chi connectivity index (χ3n) is 3.08. The molecule has 0 amide bonds. The summed E-state index contributed by atoms with van der Waals surface area (Å²) in [5.41, 5.74) is 1.25. The monoisotopic (exact) mass is 208 g/mol. The molecule has 0 aliphatic heterocycles. The number of allylic oxidation sites excluding steroid dienone is 2. The van der Waals surface area contributed by atoms with Gasteiger partial charge in [0, 0.05) is 18.3 Å². The van der Waals surface area contributed by atoms with E-state index >= 15 is 0 Å². The molecule has 1 rings (SSSR count). The largest absolute Gasteiger partial charge is 0.300 e. The van der Waals surface area contributed by atoms with Crippen LogP contribution in [0.5, 0.6) is 0 Å². The average molecular weight is 208 g/mol. The van der Waals surface area contributed by atoms with Crippen molar-refractivity contribution in [2.45, 2.75) is 46.5 Å². The molecular formula is C13H20O2. The van der Waals surface area contributed by atoms with Gasteiger partial charge < -0.3 is 4.79 Å². The number of carbonyl (C=O) groups excluding carboxylic acids is 2. The van der Waals surface area contributed by atoms with E-state index in [9.17, 15) is 9.59 Å². The molecular weight excluding hydrogens is 188 g/mol. The van der Waals surface area contributed by atoms with Gasteiger partial charge in [-0.05, 0) is 33.1 Å². The first kappa shape index (κ1) is 12.2. The highest BCUT2D eigenvalue weighted by molar-refractivity contribution is 5.88. The molecule has 0 spiro atoms. The van der Waals surface area contributed by atoms with Gasteiger partial charge in [0.25, 0.3) is 0 Å². The Balaban J connectivity index is 2.78. The van der Waals surface area contributed by atoms with Crippen LogP contribution in [0.25, 0.3) is 0 Å². The molecule has 0 aromatic heterocycles. The normalized spacial score (nSPS) is 27.9. The molecule has 1 aliphatic carbocycles. The average Bonchev–Trinajstić information content (AvgIpc) is 2.13. The number of ketones is 2. The maximum absolute atomic E-state index is 12.0. The fraction of sp³-hybridized carbons (Fsp3) is 0.692. The van der Waals surface area contributed by atoms with Gasteiger partial charge in [-0.3, -0.25) is 4.79 Å². The summed E-state index contributed by atoms with van der Waals surface area (Å²) in [4.78, 5) is 23.1. The summed E-state index contributed by atoms with van der Waals surface area (Å²) < 4.78 is 0. The topological polar surface area (TPSA) is 34.1 Å². The molecule has 1 aliphatic rings. The molecule has 0 bridgehead atoms. The van der Waals surface area contributed by atoms with E-state index < -0.39 is 0 Å². The third kappa shape index (κ3) is 3.61. The van der Waals surface area contributed by atoms with Crippen LogP contribution >= 0.6 is 0 Å². The van der Waals surface area contributed by atoms with Crippen molar-refractivity contribution in [2.75, 3.05) is 0 Å². The zero-order chi connectivity index (χ0) is 11.4. The van der Waals surface area contributed by atoms with Crippen molar-refractivity contribution >= 4 is 11.6 Å². The van der Waals surface area contributed by atoms with Gasteiger partial charge in [-0.15, -0.1) is 0 Å². The Hall–Kier alpha value is -0.920. The van der Waals surface area contributed by atoms with E-state index in [1.54, 1.807) is 6.92 Å². The maximum atomic E-state index is 12.0. The van der Waals surface area contributed by atoms with Crippen molar-refractivity contribution in [3.8, 4) is 0 Å². The van der Waals surface area contributed by atoms with Crippen LogP contribution in [0.2, 0.25) is 0 Å². The van der Waals surface area contributed by atoms with Crippen molar-refractivity contribution in [1.29, 1.82) is 0 Å². The molecule has 2 nitrogen and oxygen atoms in total. The summed E-state index contributed by atoms with van der Waals surface area (Å²) in [6.07, 6.45) is 5.29. The van der Waals surface area contributed by atoms with Gasteiger partial charge in [-0.2, -0.15) is 0 Å². The molecule has 2 atom stereocenters. The lowest BCUT2D eigenvalue weighted by Crippen LogP contribution is -2.25. The predicted octanol–water partition coefficient (Wildman–Crippen LogP) is 2.92. The SMILES string of the molecule is CC(=O)C[C@@H]1CC(C)=CCC[C@@H](C)C1=O. The van der Waals surface area contributed by atoms with Gasteiger partial charge in [-0.25, -0.2) is 0 Å². The van der Waals surface area contributed by atoms with Crippen LogP contribution in [-0.4, -0.2) is 11.6 Å². The van der Waals surface area contributed by atoms with Crippen LogP contribution in [0.4, 0.5) is 0 Å². The first-order chi connectivity index (χ1) is 7.00. The van der Waals surface area contributed by atoms with Crippen molar-refractivity contribution < 1.29 is 9.59 Å². The summed E-state index contributed by atoms with van der Waals surface area (Å²) in [5.74, 6) is 0.430. The Kier molecular flexibility index (Phi) is 4.25. The minimum Gasteiger partial charge on any atom is -0.300 e. The Morgan fingerprint density at radius 1 is 1.53 bits per heavy atom. The summed E-state index contributed by atoms with van der Waals surface area (Å²) in [7, 11) is 0. The van der Waals surface area contributed by atoms with Crippen LogP contribution < -0.4 is 0 Å². The number of hydrogen-bond donors (Lipinski definition) is 0. The highest BCUT2D eigenvalue weighted by Crippen LogP contribution is 2.25. The Bertz CT molecular complexity index is 289. The van der Waals surface area contributed by atoms with Crippen LogP contribution in [-0.2, 0) is 9.59 Å². The van der Waals surface area contributed by atoms with E-state index in [4.69, 9.17) is 0 Å². The van der Waals surface area contributed by atoms with Crippen molar-refractivity contribution in [2.24, 2.45) is 11.8 Å². The number of hydrogen-bond acceptors (Lipinski definition) is 2. The van der Waals surface area contributed by atoms with Gasteiger partial charge in [0.2, 0.25) is 0 Å². The van der Waals surface area contributed by atoms with E-state index in [-0.39, 0.29) is 23.4 Å². The Labute approximate surface area is 91.7 Å². The van der Waals surface area contributed by atoms with Gasteiger partial charge in [-0.1, -0.05) is 18.6 Å². The Morgan fingerprint density at radius 2 is 2.20 bits per heavy atom. The first-order valence-corrected chi connectivity index (χ1v) is 5.69. The summed E-state index contributed by atoms with van der Waals surface area (Å²) in [6, 6.07) is 0. The molecule has 0 heterocycles. The molecule has 15 heavy (non-hydrogen) atoms. The van der Waals surface area contributed by atoms with Gasteiger partial charge >= 0.3 is 0 Å². The Morgan fingerprint density at radius 3 is 2.80 bits per heavy atom. The molecule has 0 aromatic rings. The van der Waals surface area contributed by atoms with E-state index in [1.807, 2.05) is 6.92 Å². The summed E-state index contributed by atoms with van der Waals surface area (Å²) in [5, 5.41) is 0. The zero-order valence-corrected chi connectivity index (χ0v) is 9.88. The second-order valence-electron chi connectivity index (χ2n) is 4.74. The quantitative estimate of drug-likeness (QED) is 0.654. The van der Waals surface area contributed by atoms with E-state index in [2.05, 4.69) is 13.0 Å². The van der Waals surface area contributed by atoms with Gasteiger partial charge in [0.05, 0.1) is 0 Å². The van der Waals surface area contributed by atoms with Gasteiger partial charge in [0.1, 0.15) is 11.6 Å². The molecule has 0 aromatic carbocycles. The standard InChI is InChI=1S/C13H20O2/c1-9-5-4-6-10(2)13(15)12(7-9)8-11(3)14/h5,10,12H,4,6-8H2,1-3H3/t10-,12+/m1/s1. The van der Waals surface area contributed by atoms with Crippen LogP contribution in [0.1, 0.15) is 46.5 Å². The fourth-order valence-corrected chi connectivity index (χ4v) is 2.22. The second-order valence-corrected chi connectivity index (χ2v) is 4.74. The van der Waals surface area contributed by atoms with Crippen molar-refractivity contribution in [1.82, 2.24) is 0 Å². The van der Waals surface area contributed by atoms with E-state index in [0.29, 0.717) is 6.42 Å². The van der Waals surface area contributed by atoms with Crippen LogP contribution in [0.3, 0.4) is 0 Å². The van der Waals surface area contributed by atoms with Crippen molar-refractivity contribution in [3.05, 3.63) is 11.6 Å². The number of rotatable bonds is 2. The number of carbonyl (C=O) groups is 2. The number of Topliss-reactive ketones (excluding diaryl/α,β-unsaturated/α-hetero) is 2. The fourth-order valence-electron chi connectivity index (χ4n) is 2.22. The lowest BCUT2D eigenvalue weighted by molar-refractivity contribution is -0.130. The molecule has 0 fully saturated rings.